The molecule has 0 aliphatic heterocycles. The summed E-state index contributed by atoms with van der Waals surface area (Å²) in [5.41, 5.74) is 2.26. The Balaban J connectivity index is 1.64. The van der Waals surface area contributed by atoms with Gasteiger partial charge < -0.3 is 5.11 Å². The lowest BCUT2D eigenvalue weighted by Gasteiger charge is -2.62. The normalized spacial score (nSPS) is 27.5. The number of aliphatic carboxylic acids is 1. The number of hydrogen-bond acceptors (Lipinski definition) is 3. The Labute approximate surface area is 186 Å². The molecule has 0 saturated heterocycles. The first-order chi connectivity index (χ1) is 14.6. The summed E-state index contributed by atoms with van der Waals surface area (Å²) in [6.07, 6.45) is 10.2. The summed E-state index contributed by atoms with van der Waals surface area (Å²) < 4.78 is 28.5. The number of carboxylic acids is 1. The molecule has 3 fully saturated rings. The van der Waals surface area contributed by atoms with Gasteiger partial charge in [0.05, 0.1) is 0 Å². The highest BCUT2D eigenvalue weighted by atomic mass is 32.2. The predicted molar refractivity (Wildman–Crippen MR) is 125 cm³/mol. The zero-order valence-electron chi connectivity index (χ0n) is 18.8. The first-order valence-corrected chi connectivity index (χ1v) is 12.8. The maximum atomic E-state index is 12.8. The second kappa shape index (κ2) is 9.70. The fourth-order valence-corrected chi connectivity index (χ4v) is 6.35. The molecule has 0 aromatic heterocycles. The number of fused-ring (bicyclic) bond motifs is 2. The average Bonchev–Trinajstić information content (AvgIpc) is 2.70. The SMILES string of the molecule is Cc1ccc(C=CS(=O)(=O)NC2CC3CC(C2C/C=C\CCCC(=O)O)C3(C)C)cc1. The number of hydrogen-bond donors (Lipinski definition) is 2. The zero-order chi connectivity index (χ0) is 22.6. The number of rotatable bonds is 10. The first-order valence-electron chi connectivity index (χ1n) is 11.2. The predicted octanol–water partition coefficient (Wildman–Crippen LogP) is 5.14. The van der Waals surface area contributed by atoms with Crippen LogP contribution in [-0.4, -0.2) is 25.5 Å². The van der Waals surface area contributed by atoms with Gasteiger partial charge in [0.1, 0.15) is 0 Å². The molecular formula is C25H35NO4S. The number of allylic oxidation sites excluding steroid dienone is 2. The highest BCUT2D eigenvalue weighted by Crippen LogP contribution is 2.62. The molecule has 0 amide bonds. The van der Waals surface area contributed by atoms with E-state index in [-0.39, 0.29) is 23.8 Å². The summed E-state index contributed by atoms with van der Waals surface area (Å²) in [6, 6.07) is 7.70. The Morgan fingerprint density at radius 3 is 2.55 bits per heavy atom. The lowest BCUT2D eigenvalue weighted by atomic mass is 9.44. The van der Waals surface area contributed by atoms with E-state index in [0.29, 0.717) is 18.3 Å². The van der Waals surface area contributed by atoms with Crippen molar-refractivity contribution in [1.82, 2.24) is 4.72 Å². The van der Waals surface area contributed by atoms with Crippen LogP contribution < -0.4 is 4.72 Å². The van der Waals surface area contributed by atoms with Crippen LogP contribution >= 0.6 is 0 Å². The fraction of sp³-hybridized carbons (Fsp3) is 0.560. The molecule has 0 radical (unpaired) electrons. The zero-order valence-corrected chi connectivity index (χ0v) is 19.6. The largest absolute Gasteiger partial charge is 0.481 e. The van der Waals surface area contributed by atoms with E-state index in [1.165, 1.54) is 11.8 Å². The molecule has 6 heteroatoms. The van der Waals surface area contributed by atoms with Crippen LogP contribution in [0.25, 0.3) is 6.08 Å². The molecule has 3 aliphatic carbocycles. The number of benzene rings is 1. The van der Waals surface area contributed by atoms with Gasteiger partial charge >= 0.3 is 5.97 Å². The van der Waals surface area contributed by atoms with Crippen molar-refractivity contribution in [3.63, 3.8) is 0 Å². The minimum absolute atomic E-state index is 0.0619. The molecule has 0 spiro atoms. The minimum Gasteiger partial charge on any atom is -0.481 e. The average molecular weight is 446 g/mol. The summed E-state index contributed by atoms with van der Waals surface area (Å²) in [6.45, 7) is 6.61. The fourth-order valence-electron chi connectivity index (χ4n) is 5.25. The third-order valence-electron chi connectivity index (χ3n) is 7.29. The second-order valence-corrected chi connectivity index (χ2v) is 11.3. The third kappa shape index (κ3) is 6.07. The van der Waals surface area contributed by atoms with Crippen molar-refractivity contribution in [2.75, 3.05) is 0 Å². The van der Waals surface area contributed by atoms with Crippen molar-refractivity contribution in [2.24, 2.45) is 23.2 Å². The number of unbranched alkanes of at least 4 members (excludes halogenated alkanes) is 1. The smallest absolute Gasteiger partial charge is 0.303 e. The molecule has 2 N–H and O–H groups in total. The van der Waals surface area contributed by atoms with Crippen LogP contribution in [0.2, 0.25) is 0 Å². The molecule has 31 heavy (non-hydrogen) atoms. The van der Waals surface area contributed by atoms with E-state index in [1.807, 2.05) is 37.3 Å². The number of nitrogens with one attached hydrogen (secondary N) is 1. The molecule has 4 atom stereocenters. The number of aryl methyl sites for hydroxylation is 1. The summed E-state index contributed by atoms with van der Waals surface area (Å²) in [7, 11) is -3.53. The minimum atomic E-state index is -3.53. The van der Waals surface area contributed by atoms with Crippen molar-refractivity contribution in [2.45, 2.75) is 65.3 Å². The van der Waals surface area contributed by atoms with E-state index in [2.05, 4.69) is 24.6 Å². The maximum Gasteiger partial charge on any atom is 0.303 e. The van der Waals surface area contributed by atoms with Crippen molar-refractivity contribution >= 4 is 22.1 Å². The van der Waals surface area contributed by atoms with Gasteiger partial charge in [-0.05, 0) is 73.8 Å². The highest BCUT2D eigenvalue weighted by Gasteiger charge is 2.57. The van der Waals surface area contributed by atoms with Gasteiger partial charge in [-0.25, -0.2) is 13.1 Å². The van der Waals surface area contributed by atoms with Crippen LogP contribution in [0.4, 0.5) is 0 Å². The van der Waals surface area contributed by atoms with Gasteiger partial charge in [0.2, 0.25) is 10.0 Å². The van der Waals surface area contributed by atoms with Gasteiger partial charge in [0, 0.05) is 17.9 Å². The summed E-state index contributed by atoms with van der Waals surface area (Å²) in [5.74, 6) is 0.556. The lowest BCUT2D eigenvalue weighted by Crippen LogP contribution is -2.61. The summed E-state index contributed by atoms with van der Waals surface area (Å²) >= 11 is 0. The molecule has 170 valence electrons. The molecule has 0 heterocycles. The van der Waals surface area contributed by atoms with Crippen molar-refractivity contribution in [3.05, 3.63) is 53.0 Å². The molecule has 5 nitrogen and oxygen atoms in total. The number of sulfonamides is 1. The van der Waals surface area contributed by atoms with Crippen LogP contribution in [0.1, 0.15) is 63.5 Å². The topological polar surface area (TPSA) is 83.5 Å². The standard InChI is InChI=1S/C25H35NO4S/c1-18-10-12-19(13-11-18)14-15-31(29,30)26-23-17-20-16-22(25(20,2)3)21(23)8-6-4-5-7-9-24(27)28/h4,6,10-15,20-23,26H,5,7-9,16-17H2,1-3H3,(H,27,28)/b6-4-,15-14?. The summed E-state index contributed by atoms with van der Waals surface area (Å²) in [4.78, 5) is 10.6. The van der Waals surface area contributed by atoms with E-state index >= 15 is 0 Å². The molecular weight excluding hydrogens is 410 g/mol. The monoisotopic (exact) mass is 445 g/mol. The molecule has 1 aromatic rings. The number of carbonyl (C=O) groups is 1. The van der Waals surface area contributed by atoms with Gasteiger partial charge in [-0.2, -0.15) is 0 Å². The van der Waals surface area contributed by atoms with Crippen LogP contribution in [0.5, 0.6) is 0 Å². The van der Waals surface area contributed by atoms with Crippen molar-refractivity contribution < 1.29 is 18.3 Å². The highest BCUT2D eigenvalue weighted by molar-refractivity contribution is 7.92. The van der Waals surface area contributed by atoms with Gasteiger partial charge in [-0.3, -0.25) is 4.79 Å². The van der Waals surface area contributed by atoms with Crippen molar-refractivity contribution in [3.8, 4) is 0 Å². The van der Waals surface area contributed by atoms with E-state index in [9.17, 15) is 13.2 Å². The van der Waals surface area contributed by atoms with Crippen LogP contribution in [0, 0.1) is 30.1 Å². The van der Waals surface area contributed by atoms with E-state index in [4.69, 9.17) is 5.11 Å². The molecule has 2 bridgehead atoms. The lowest BCUT2D eigenvalue weighted by molar-refractivity contribution is -0.137. The molecule has 3 saturated carbocycles. The Morgan fingerprint density at radius 1 is 1.19 bits per heavy atom. The third-order valence-corrected chi connectivity index (χ3v) is 8.41. The first kappa shape index (κ1) is 23.7. The maximum absolute atomic E-state index is 12.8. The van der Waals surface area contributed by atoms with Gasteiger partial charge in [0.15, 0.2) is 0 Å². The molecule has 1 aromatic carbocycles. The quantitative estimate of drug-likeness (QED) is 0.386. The summed E-state index contributed by atoms with van der Waals surface area (Å²) in [5, 5.41) is 10.0. The van der Waals surface area contributed by atoms with Gasteiger partial charge in [-0.1, -0.05) is 55.8 Å². The second-order valence-electron chi connectivity index (χ2n) is 9.74. The van der Waals surface area contributed by atoms with Crippen molar-refractivity contribution in [1.29, 1.82) is 0 Å². The molecule has 3 aliphatic rings. The van der Waals surface area contributed by atoms with Gasteiger partial charge in [0.25, 0.3) is 0 Å². The van der Waals surface area contributed by atoms with E-state index < -0.39 is 16.0 Å². The number of carboxylic acid groups (broad SMARTS) is 1. The van der Waals surface area contributed by atoms with Crippen LogP contribution in [-0.2, 0) is 14.8 Å². The van der Waals surface area contributed by atoms with Crippen LogP contribution in [0.15, 0.2) is 41.8 Å². The van der Waals surface area contributed by atoms with E-state index in [0.717, 1.165) is 30.4 Å². The van der Waals surface area contributed by atoms with Gasteiger partial charge in [-0.15, -0.1) is 0 Å². The molecule has 4 unspecified atom stereocenters. The Morgan fingerprint density at radius 2 is 1.90 bits per heavy atom. The van der Waals surface area contributed by atoms with Crippen LogP contribution in [0.3, 0.4) is 0 Å². The Bertz CT molecular complexity index is 931. The van der Waals surface area contributed by atoms with E-state index in [1.54, 1.807) is 6.08 Å². The Kier molecular flexibility index (Phi) is 7.43. The molecule has 4 rings (SSSR count). The Hall–Kier alpha value is -1.92.